The topological polar surface area (TPSA) is 28.4 Å². The third-order valence-corrected chi connectivity index (χ3v) is 4.15. The smallest absolute Gasteiger partial charge is 0.105 e. The molecule has 1 unspecified atom stereocenters. The van der Waals surface area contributed by atoms with Crippen LogP contribution in [0, 0.1) is 6.92 Å². The molecule has 20 heavy (non-hydrogen) atoms. The van der Waals surface area contributed by atoms with Crippen LogP contribution >= 0.6 is 0 Å². The van der Waals surface area contributed by atoms with Crippen molar-refractivity contribution in [1.29, 1.82) is 0 Å². The molecule has 1 aliphatic rings. The van der Waals surface area contributed by atoms with Crippen molar-refractivity contribution in [3.8, 4) is 0 Å². The monoisotopic (exact) mass is 270 g/mol. The number of rotatable bonds is 4. The zero-order valence-corrected chi connectivity index (χ0v) is 12.2. The van der Waals surface area contributed by atoms with Gasteiger partial charge in [0.1, 0.15) is 5.76 Å². The molecule has 2 aromatic rings. The molecule has 0 saturated heterocycles. The summed E-state index contributed by atoms with van der Waals surface area (Å²) in [5.41, 5.74) is 4.04. The van der Waals surface area contributed by atoms with Crippen LogP contribution in [0.25, 0.3) is 0 Å². The van der Waals surface area contributed by atoms with Crippen molar-refractivity contribution in [1.82, 2.24) is 4.90 Å². The molecule has 1 atom stereocenters. The van der Waals surface area contributed by atoms with Crippen LogP contribution in [-0.2, 0) is 6.54 Å². The number of likely N-dealkylation sites (N-methyl/N-ethyl adjacent to an activating group) is 1. The third-order valence-electron chi connectivity index (χ3n) is 4.15. The van der Waals surface area contributed by atoms with Gasteiger partial charge >= 0.3 is 0 Å². The van der Waals surface area contributed by atoms with E-state index in [-0.39, 0.29) is 0 Å². The number of hydrogen-bond acceptors (Lipinski definition) is 3. The van der Waals surface area contributed by atoms with Crippen LogP contribution < -0.4 is 5.32 Å². The summed E-state index contributed by atoms with van der Waals surface area (Å²) < 4.78 is 5.37. The van der Waals surface area contributed by atoms with Gasteiger partial charge in [-0.15, -0.1) is 0 Å². The second-order valence-electron chi connectivity index (χ2n) is 5.70. The molecule has 1 aliphatic heterocycles. The van der Waals surface area contributed by atoms with Gasteiger partial charge in [-0.1, -0.05) is 18.2 Å². The van der Waals surface area contributed by atoms with Gasteiger partial charge in [0.25, 0.3) is 0 Å². The van der Waals surface area contributed by atoms with Gasteiger partial charge in [0, 0.05) is 36.8 Å². The molecule has 1 aromatic heterocycles. The Hall–Kier alpha value is -1.74. The minimum Gasteiger partial charge on any atom is -0.469 e. The van der Waals surface area contributed by atoms with Gasteiger partial charge in [-0.2, -0.15) is 0 Å². The van der Waals surface area contributed by atoms with E-state index in [1.807, 2.05) is 6.92 Å². The van der Waals surface area contributed by atoms with Crippen molar-refractivity contribution in [3.05, 3.63) is 53.5 Å². The van der Waals surface area contributed by atoms with Gasteiger partial charge in [-0.3, -0.25) is 0 Å². The summed E-state index contributed by atoms with van der Waals surface area (Å²) in [5, 5.41) is 3.49. The lowest BCUT2D eigenvalue weighted by Gasteiger charge is -2.30. The molecule has 0 saturated carbocycles. The number of para-hydroxylation sites is 1. The highest BCUT2D eigenvalue weighted by Crippen LogP contribution is 2.31. The van der Waals surface area contributed by atoms with Gasteiger partial charge in [0.2, 0.25) is 0 Å². The minimum absolute atomic E-state index is 0.615. The molecule has 106 valence electrons. The fourth-order valence-electron chi connectivity index (χ4n) is 3.05. The maximum Gasteiger partial charge on any atom is 0.105 e. The lowest BCUT2D eigenvalue weighted by atomic mass is 9.90. The van der Waals surface area contributed by atoms with E-state index in [0.717, 1.165) is 25.4 Å². The van der Waals surface area contributed by atoms with E-state index in [4.69, 9.17) is 4.42 Å². The molecular formula is C17H22N2O. The van der Waals surface area contributed by atoms with Crippen molar-refractivity contribution < 1.29 is 4.42 Å². The molecule has 2 heterocycles. The summed E-state index contributed by atoms with van der Waals surface area (Å²) in [7, 11) is 2.19. The van der Waals surface area contributed by atoms with Crippen LogP contribution in [0.2, 0.25) is 0 Å². The van der Waals surface area contributed by atoms with E-state index >= 15 is 0 Å². The Bertz CT molecular complexity index is 576. The van der Waals surface area contributed by atoms with Crippen molar-refractivity contribution >= 4 is 5.69 Å². The first kappa shape index (κ1) is 13.3. The second-order valence-corrected chi connectivity index (χ2v) is 5.70. The Morgan fingerprint density at radius 3 is 2.95 bits per heavy atom. The zero-order chi connectivity index (χ0) is 13.9. The highest BCUT2D eigenvalue weighted by atomic mass is 16.3. The molecule has 3 heteroatoms. The van der Waals surface area contributed by atoms with E-state index in [2.05, 4.69) is 47.6 Å². The molecule has 1 N–H and O–H groups in total. The fourth-order valence-corrected chi connectivity index (χ4v) is 3.05. The molecule has 0 radical (unpaired) electrons. The van der Waals surface area contributed by atoms with Crippen LogP contribution in [0.5, 0.6) is 0 Å². The summed E-state index contributed by atoms with van der Waals surface area (Å²) in [4.78, 5) is 2.39. The van der Waals surface area contributed by atoms with Gasteiger partial charge in [-0.25, -0.2) is 0 Å². The predicted molar refractivity (Wildman–Crippen MR) is 82.1 cm³/mol. The second kappa shape index (κ2) is 5.71. The SMILES string of the molecule is Cc1occc1CN(C)CC1CCNc2ccccc21. The van der Waals surface area contributed by atoms with Gasteiger partial charge < -0.3 is 14.6 Å². The Kier molecular flexibility index (Phi) is 3.79. The predicted octanol–water partition coefficient (Wildman–Crippen LogP) is 3.62. The van der Waals surface area contributed by atoms with Crippen LogP contribution in [-0.4, -0.2) is 25.0 Å². The average Bonchev–Trinajstić information content (AvgIpc) is 2.85. The van der Waals surface area contributed by atoms with Gasteiger partial charge in [0.05, 0.1) is 6.26 Å². The first-order valence-corrected chi connectivity index (χ1v) is 7.28. The summed E-state index contributed by atoms with van der Waals surface area (Å²) >= 11 is 0. The number of hydrogen-bond donors (Lipinski definition) is 1. The summed E-state index contributed by atoms with van der Waals surface area (Å²) in [6.45, 7) is 5.14. The maximum atomic E-state index is 5.37. The van der Waals surface area contributed by atoms with E-state index < -0.39 is 0 Å². The number of benzene rings is 1. The molecule has 3 nitrogen and oxygen atoms in total. The molecule has 0 spiro atoms. The van der Waals surface area contributed by atoms with Crippen molar-refractivity contribution in [2.24, 2.45) is 0 Å². The maximum absolute atomic E-state index is 5.37. The molecule has 0 aliphatic carbocycles. The molecule has 0 bridgehead atoms. The Morgan fingerprint density at radius 2 is 2.15 bits per heavy atom. The lowest BCUT2D eigenvalue weighted by molar-refractivity contribution is 0.295. The molecule has 1 aromatic carbocycles. The molecule has 3 rings (SSSR count). The Balaban J connectivity index is 1.68. The largest absolute Gasteiger partial charge is 0.469 e. The lowest BCUT2D eigenvalue weighted by Crippen LogP contribution is -2.28. The molecule has 0 amide bonds. The van der Waals surface area contributed by atoms with Crippen molar-refractivity contribution in [2.75, 3.05) is 25.5 Å². The Labute approximate surface area is 120 Å². The van der Waals surface area contributed by atoms with Crippen LogP contribution in [0.4, 0.5) is 5.69 Å². The summed E-state index contributed by atoms with van der Waals surface area (Å²) in [5.74, 6) is 1.65. The van der Waals surface area contributed by atoms with Gasteiger partial charge in [0.15, 0.2) is 0 Å². The van der Waals surface area contributed by atoms with E-state index in [0.29, 0.717) is 5.92 Å². The van der Waals surface area contributed by atoms with Crippen LogP contribution in [0.15, 0.2) is 41.0 Å². The number of furan rings is 1. The highest BCUT2D eigenvalue weighted by Gasteiger charge is 2.21. The summed E-state index contributed by atoms with van der Waals surface area (Å²) in [6.07, 6.45) is 2.98. The standard InChI is InChI=1S/C17H22N2O/c1-13-14(8-10-20-13)11-19(2)12-15-7-9-18-17-6-4-3-5-16(15)17/h3-6,8,10,15,18H,7,9,11-12H2,1-2H3. The van der Waals surface area contributed by atoms with Crippen LogP contribution in [0.1, 0.15) is 29.2 Å². The van der Waals surface area contributed by atoms with Crippen molar-refractivity contribution in [3.63, 3.8) is 0 Å². The highest BCUT2D eigenvalue weighted by molar-refractivity contribution is 5.54. The minimum atomic E-state index is 0.615. The quantitative estimate of drug-likeness (QED) is 0.919. The third kappa shape index (κ3) is 2.73. The fraction of sp³-hybridized carbons (Fsp3) is 0.412. The normalized spacial score (nSPS) is 17.9. The van der Waals surface area contributed by atoms with E-state index in [1.165, 1.54) is 23.2 Å². The van der Waals surface area contributed by atoms with Gasteiger partial charge in [-0.05, 0) is 38.1 Å². The number of anilines is 1. The van der Waals surface area contributed by atoms with E-state index in [1.54, 1.807) is 6.26 Å². The number of fused-ring (bicyclic) bond motifs is 1. The number of nitrogens with one attached hydrogen (secondary N) is 1. The number of aryl methyl sites for hydroxylation is 1. The molecular weight excluding hydrogens is 248 g/mol. The summed E-state index contributed by atoms with van der Waals surface area (Å²) in [6, 6.07) is 10.7. The molecule has 0 fully saturated rings. The first-order valence-electron chi connectivity index (χ1n) is 7.28. The Morgan fingerprint density at radius 1 is 1.30 bits per heavy atom. The average molecular weight is 270 g/mol. The van der Waals surface area contributed by atoms with E-state index in [9.17, 15) is 0 Å². The van der Waals surface area contributed by atoms with Crippen molar-refractivity contribution in [2.45, 2.75) is 25.8 Å². The first-order chi connectivity index (χ1) is 9.74. The zero-order valence-electron chi connectivity index (χ0n) is 12.2. The van der Waals surface area contributed by atoms with Crippen LogP contribution in [0.3, 0.4) is 0 Å². The number of nitrogens with zero attached hydrogens (tertiary/aromatic N) is 1.